The Morgan fingerprint density at radius 2 is 2.05 bits per heavy atom. The smallest absolute Gasteiger partial charge is 0.323 e. The highest BCUT2D eigenvalue weighted by Crippen LogP contribution is 2.21. The highest BCUT2D eigenvalue weighted by Gasteiger charge is 2.32. The van der Waals surface area contributed by atoms with Gasteiger partial charge in [0.15, 0.2) is 0 Å². The first kappa shape index (κ1) is 15.7. The number of carboxylic acids is 1. The van der Waals surface area contributed by atoms with Crippen LogP contribution >= 0.6 is 0 Å². The Morgan fingerprint density at radius 1 is 1.35 bits per heavy atom. The van der Waals surface area contributed by atoms with Gasteiger partial charge in [-0.25, -0.2) is 0 Å². The number of aliphatic carboxylic acids is 1. The van der Waals surface area contributed by atoms with Gasteiger partial charge in [-0.3, -0.25) is 9.69 Å². The minimum atomic E-state index is -1.03. The second-order valence-corrected chi connectivity index (χ2v) is 6.40. The summed E-state index contributed by atoms with van der Waals surface area (Å²) in [7, 11) is 0. The normalized spacial score (nSPS) is 27.8. The quantitative estimate of drug-likeness (QED) is 0.733. The summed E-state index contributed by atoms with van der Waals surface area (Å²) in [6.07, 6.45) is 5.91. The minimum Gasteiger partial charge on any atom is -0.480 e. The summed E-state index contributed by atoms with van der Waals surface area (Å²) in [6, 6.07) is 0.728. The number of nitrogens with two attached hydrogens (primary N) is 1. The zero-order valence-electron chi connectivity index (χ0n) is 12.7. The molecule has 0 aliphatic carbocycles. The molecule has 2 fully saturated rings. The summed E-state index contributed by atoms with van der Waals surface area (Å²) in [5, 5.41) is 9.16. The molecule has 2 heterocycles. The topological polar surface area (TPSA) is 69.8 Å². The number of nitrogens with zero attached hydrogens (tertiary/aromatic N) is 2. The van der Waals surface area contributed by atoms with Gasteiger partial charge in [0, 0.05) is 12.6 Å². The maximum absolute atomic E-state index is 11.2. The molecule has 2 saturated heterocycles. The highest BCUT2D eigenvalue weighted by molar-refractivity contribution is 5.78. The molecule has 0 spiro atoms. The maximum Gasteiger partial charge on any atom is 0.323 e. The Labute approximate surface area is 122 Å². The van der Waals surface area contributed by atoms with E-state index in [1.807, 2.05) is 6.92 Å². The molecule has 2 aliphatic rings. The molecule has 0 aromatic heterocycles. The lowest BCUT2D eigenvalue weighted by atomic mass is 9.92. The zero-order valence-corrected chi connectivity index (χ0v) is 12.7. The first-order valence-electron chi connectivity index (χ1n) is 8.04. The second kappa shape index (κ2) is 6.87. The zero-order chi connectivity index (χ0) is 14.6. The summed E-state index contributed by atoms with van der Waals surface area (Å²) in [5.41, 5.74) is 4.89. The van der Waals surface area contributed by atoms with E-state index in [4.69, 9.17) is 10.8 Å². The van der Waals surface area contributed by atoms with Crippen LogP contribution in [0.1, 0.15) is 45.4 Å². The molecule has 5 heteroatoms. The van der Waals surface area contributed by atoms with E-state index >= 15 is 0 Å². The molecule has 0 aromatic rings. The molecule has 2 atom stereocenters. The van der Waals surface area contributed by atoms with Crippen LogP contribution < -0.4 is 5.73 Å². The molecule has 20 heavy (non-hydrogen) atoms. The van der Waals surface area contributed by atoms with Gasteiger partial charge < -0.3 is 15.7 Å². The molecule has 2 rings (SSSR count). The van der Waals surface area contributed by atoms with Crippen LogP contribution in [0.4, 0.5) is 0 Å². The molecular weight excluding hydrogens is 254 g/mol. The summed E-state index contributed by atoms with van der Waals surface area (Å²) in [6.45, 7) is 7.66. The van der Waals surface area contributed by atoms with Gasteiger partial charge in [-0.2, -0.15) is 0 Å². The van der Waals surface area contributed by atoms with Crippen molar-refractivity contribution >= 4 is 5.97 Å². The fourth-order valence-electron chi connectivity index (χ4n) is 3.47. The number of hydrogen-bond acceptors (Lipinski definition) is 4. The van der Waals surface area contributed by atoms with E-state index in [0.717, 1.165) is 32.1 Å². The monoisotopic (exact) mass is 283 g/mol. The van der Waals surface area contributed by atoms with Crippen LogP contribution in [0, 0.1) is 0 Å². The van der Waals surface area contributed by atoms with Crippen LogP contribution in [0.3, 0.4) is 0 Å². The fraction of sp³-hybridized carbons (Fsp3) is 0.933. The Bertz CT molecular complexity index is 331. The van der Waals surface area contributed by atoms with Crippen molar-refractivity contribution < 1.29 is 9.90 Å². The van der Waals surface area contributed by atoms with Crippen molar-refractivity contribution in [2.75, 3.05) is 32.7 Å². The van der Waals surface area contributed by atoms with Crippen molar-refractivity contribution in [1.82, 2.24) is 9.80 Å². The Morgan fingerprint density at radius 3 is 2.65 bits per heavy atom. The van der Waals surface area contributed by atoms with E-state index in [-0.39, 0.29) is 0 Å². The average Bonchev–Trinajstić information content (AvgIpc) is 3.08. The van der Waals surface area contributed by atoms with E-state index in [9.17, 15) is 4.79 Å². The molecule has 0 bridgehead atoms. The standard InChI is InChI=1S/C15H29N3O2/c1-2-15(16,14(19)20)7-5-8-17-11-6-13(12-17)18-9-3-4-10-18/h13H,2-12,16H2,1H3,(H,19,20). The predicted octanol–water partition coefficient (Wildman–Crippen LogP) is 1.13. The molecule has 0 amide bonds. The lowest BCUT2D eigenvalue weighted by Crippen LogP contribution is -2.47. The van der Waals surface area contributed by atoms with Crippen LogP contribution in [0.15, 0.2) is 0 Å². The van der Waals surface area contributed by atoms with Crippen LogP contribution in [0.2, 0.25) is 0 Å². The van der Waals surface area contributed by atoms with E-state index in [2.05, 4.69) is 9.80 Å². The molecule has 2 aliphatic heterocycles. The minimum absolute atomic E-state index is 0.499. The second-order valence-electron chi connectivity index (χ2n) is 6.40. The van der Waals surface area contributed by atoms with Gasteiger partial charge in [-0.15, -0.1) is 0 Å². The van der Waals surface area contributed by atoms with Crippen LogP contribution in [-0.4, -0.2) is 65.2 Å². The molecule has 0 saturated carbocycles. The molecule has 116 valence electrons. The van der Waals surface area contributed by atoms with E-state index in [0.29, 0.717) is 12.8 Å². The molecular formula is C15H29N3O2. The maximum atomic E-state index is 11.2. The number of carbonyl (C=O) groups is 1. The Balaban J connectivity index is 1.69. The number of rotatable bonds is 7. The first-order chi connectivity index (χ1) is 9.55. The Hall–Kier alpha value is -0.650. The largest absolute Gasteiger partial charge is 0.480 e. The highest BCUT2D eigenvalue weighted by atomic mass is 16.4. The van der Waals surface area contributed by atoms with E-state index in [1.165, 1.54) is 32.4 Å². The van der Waals surface area contributed by atoms with Crippen molar-refractivity contribution in [3.05, 3.63) is 0 Å². The summed E-state index contributed by atoms with van der Waals surface area (Å²) in [4.78, 5) is 16.3. The molecule has 3 N–H and O–H groups in total. The molecule has 0 aromatic carbocycles. The van der Waals surface area contributed by atoms with Crippen molar-refractivity contribution in [2.45, 2.75) is 57.0 Å². The van der Waals surface area contributed by atoms with Crippen molar-refractivity contribution in [3.8, 4) is 0 Å². The third-order valence-corrected chi connectivity index (χ3v) is 5.06. The van der Waals surface area contributed by atoms with Gasteiger partial charge in [0.1, 0.15) is 5.54 Å². The lowest BCUT2D eigenvalue weighted by Gasteiger charge is -2.25. The number of hydrogen-bond donors (Lipinski definition) is 2. The van der Waals surface area contributed by atoms with Crippen LogP contribution in [0.5, 0.6) is 0 Å². The lowest BCUT2D eigenvalue weighted by molar-refractivity contribution is -0.143. The molecule has 0 radical (unpaired) electrons. The fourth-order valence-corrected chi connectivity index (χ4v) is 3.47. The van der Waals surface area contributed by atoms with Gasteiger partial charge in [0.25, 0.3) is 0 Å². The number of likely N-dealkylation sites (tertiary alicyclic amines) is 2. The van der Waals surface area contributed by atoms with Crippen molar-refractivity contribution in [2.24, 2.45) is 5.73 Å². The summed E-state index contributed by atoms with van der Waals surface area (Å²) >= 11 is 0. The van der Waals surface area contributed by atoms with Gasteiger partial charge in [-0.05, 0) is 64.7 Å². The predicted molar refractivity (Wildman–Crippen MR) is 79.7 cm³/mol. The van der Waals surface area contributed by atoms with Crippen LogP contribution in [-0.2, 0) is 4.79 Å². The number of carboxylic acid groups (broad SMARTS) is 1. The van der Waals surface area contributed by atoms with Gasteiger partial charge in [0.05, 0.1) is 0 Å². The van der Waals surface area contributed by atoms with Crippen molar-refractivity contribution in [3.63, 3.8) is 0 Å². The Kier molecular flexibility index (Phi) is 5.41. The third kappa shape index (κ3) is 3.71. The SMILES string of the molecule is CCC(N)(CCCN1CCC(N2CCCC2)C1)C(=O)O. The summed E-state index contributed by atoms with van der Waals surface area (Å²) in [5.74, 6) is -0.864. The summed E-state index contributed by atoms with van der Waals surface area (Å²) < 4.78 is 0. The van der Waals surface area contributed by atoms with Gasteiger partial charge >= 0.3 is 5.97 Å². The van der Waals surface area contributed by atoms with E-state index in [1.54, 1.807) is 0 Å². The third-order valence-electron chi connectivity index (χ3n) is 5.06. The van der Waals surface area contributed by atoms with Crippen LogP contribution in [0.25, 0.3) is 0 Å². The molecule has 2 unspecified atom stereocenters. The van der Waals surface area contributed by atoms with Gasteiger partial charge in [-0.1, -0.05) is 6.92 Å². The van der Waals surface area contributed by atoms with Gasteiger partial charge in [0.2, 0.25) is 0 Å². The van der Waals surface area contributed by atoms with Crippen molar-refractivity contribution in [1.29, 1.82) is 0 Å². The molecule has 5 nitrogen and oxygen atoms in total. The first-order valence-corrected chi connectivity index (χ1v) is 8.04. The van der Waals surface area contributed by atoms with E-state index < -0.39 is 11.5 Å². The average molecular weight is 283 g/mol.